The molecule has 0 aliphatic rings. The third-order valence-electron chi connectivity index (χ3n) is 5.05. The van der Waals surface area contributed by atoms with Crippen LogP contribution in [-0.4, -0.2) is 10.7 Å². The molecule has 0 rings (SSSR count). The average Bonchev–Trinajstić information content (AvgIpc) is 2.38. The van der Waals surface area contributed by atoms with Crippen LogP contribution < -0.4 is 0 Å². The van der Waals surface area contributed by atoms with Crippen LogP contribution in [0.1, 0.15) is 106 Å². The van der Waals surface area contributed by atoms with Crippen LogP contribution in [0.3, 0.4) is 0 Å². The number of hydrogen-bond donors (Lipinski definition) is 1. The third-order valence-corrected chi connectivity index (χ3v) is 5.05. The minimum Gasteiger partial charge on any atom is -0.390 e. The highest BCUT2D eigenvalue weighted by atomic mass is 16.3. The maximum atomic E-state index is 10.0. The summed E-state index contributed by atoms with van der Waals surface area (Å²) in [5, 5.41) is 10.0. The van der Waals surface area contributed by atoms with Gasteiger partial charge in [0.2, 0.25) is 0 Å². The Hall–Kier alpha value is -0.0400. The van der Waals surface area contributed by atoms with Crippen molar-refractivity contribution in [3.05, 3.63) is 0 Å². The molecule has 0 heterocycles. The molecule has 1 heteroatoms. The van der Waals surface area contributed by atoms with Crippen molar-refractivity contribution in [3.8, 4) is 0 Å². The van der Waals surface area contributed by atoms with Crippen LogP contribution in [0.5, 0.6) is 0 Å². The zero-order valence-electron chi connectivity index (χ0n) is 15.8. The van der Waals surface area contributed by atoms with Crippen molar-refractivity contribution in [2.75, 3.05) is 0 Å². The van der Waals surface area contributed by atoms with Crippen molar-refractivity contribution in [1.29, 1.82) is 0 Å². The zero-order chi connectivity index (χ0) is 16.3. The monoisotopic (exact) mass is 298 g/mol. The van der Waals surface area contributed by atoms with E-state index in [1.807, 2.05) is 6.92 Å². The molecule has 3 atom stereocenters. The standard InChI is InChI=1S/C20H42O/c1-7-20(6,21)16-10-15-19(5)14-9-13-18(4)12-8-11-17(2)3/h17-19,21H,7-16H2,1-6H3/t18-,19+,20+/m1/s1. The van der Waals surface area contributed by atoms with E-state index < -0.39 is 5.60 Å². The summed E-state index contributed by atoms with van der Waals surface area (Å²) in [5.74, 6) is 2.58. The van der Waals surface area contributed by atoms with E-state index in [4.69, 9.17) is 0 Å². The van der Waals surface area contributed by atoms with Gasteiger partial charge in [-0.3, -0.25) is 0 Å². The van der Waals surface area contributed by atoms with Gasteiger partial charge in [0.1, 0.15) is 0 Å². The highest BCUT2D eigenvalue weighted by molar-refractivity contribution is 4.70. The molecule has 0 saturated heterocycles. The van der Waals surface area contributed by atoms with E-state index in [9.17, 15) is 5.11 Å². The molecule has 0 aromatic heterocycles. The van der Waals surface area contributed by atoms with Crippen molar-refractivity contribution >= 4 is 0 Å². The summed E-state index contributed by atoms with van der Waals surface area (Å²) in [6.07, 6.45) is 12.6. The average molecular weight is 299 g/mol. The molecule has 0 aliphatic carbocycles. The van der Waals surface area contributed by atoms with E-state index in [1.54, 1.807) is 0 Å². The normalized spacial score (nSPS) is 17.7. The van der Waals surface area contributed by atoms with Gasteiger partial charge in [-0.05, 0) is 37.5 Å². The lowest BCUT2D eigenvalue weighted by molar-refractivity contribution is 0.0432. The summed E-state index contributed by atoms with van der Waals surface area (Å²) >= 11 is 0. The van der Waals surface area contributed by atoms with E-state index >= 15 is 0 Å². The molecule has 0 aromatic carbocycles. The van der Waals surface area contributed by atoms with Crippen LogP contribution >= 0.6 is 0 Å². The highest BCUT2D eigenvalue weighted by Gasteiger charge is 2.17. The molecule has 0 spiro atoms. The third kappa shape index (κ3) is 13.4. The van der Waals surface area contributed by atoms with Gasteiger partial charge < -0.3 is 5.11 Å². The van der Waals surface area contributed by atoms with Gasteiger partial charge in [0.15, 0.2) is 0 Å². The molecule has 0 fully saturated rings. The van der Waals surface area contributed by atoms with Crippen LogP contribution in [0.4, 0.5) is 0 Å². The Labute approximate surface area is 134 Å². The topological polar surface area (TPSA) is 20.2 Å². The van der Waals surface area contributed by atoms with Gasteiger partial charge in [0.25, 0.3) is 0 Å². The molecule has 128 valence electrons. The Kier molecular flexibility index (Phi) is 11.5. The van der Waals surface area contributed by atoms with Crippen LogP contribution in [0.2, 0.25) is 0 Å². The van der Waals surface area contributed by atoms with E-state index in [0.29, 0.717) is 0 Å². The van der Waals surface area contributed by atoms with Gasteiger partial charge in [0.05, 0.1) is 5.60 Å². The minimum absolute atomic E-state index is 0.440. The first-order valence-corrected chi connectivity index (χ1v) is 9.49. The molecule has 0 saturated carbocycles. The van der Waals surface area contributed by atoms with E-state index in [-0.39, 0.29) is 0 Å². The number of aliphatic hydroxyl groups is 1. The summed E-state index contributed by atoms with van der Waals surface area (Å²) in [7, 11) is 0. The fraction of sp³-hybridized carbons (Fsp3) is 1.00. The summed E-state index contributed by atoms with van der Waals surface area (Å²) in [6, 6.07) is 0. The second-order valence-corrected chi connectivity index (χ2v) is 8.21. The van der Waals surface area contributed by atoms with Crippen molar-refractivity contribution in [3.63, 3.8) is 0 Å². The van der Waals surface area contributed by atoms with Crippen LogP contribution in [-0.2, 0) is 0 Å². The maximum absolute atomic E-state index is 10.0. The van der Waals surface area contributed by atoms with Gasteiger partial charge in [-0.2, -0.15) is 0 Å². The van der Waals surface area contributed by atoms with E-state index in [1.165, 1.54) is 51.4 Å². The predicted molar refractivity (Wildman–Crippen MR) is 95.6 cm³/mol. The van der Waals surface area contributed by atoms with Gasteiger partial charge in [-0.25, -0.2) is 0 Å². The highest BCUT2D eigenvalue weighted by Crippen LogP contribution is 2.23. The molecular formula is C20H42O. The first-order chi connectivity index (χ1) is 9.76. The SMILES string of the molecule is CC[C@](C)(O)CCC[C@@H](C)CCC[C@H](C)CCCC(C)C. The van der Waals surface area contributed by atoms with E-state index in [0.717, 1.165) is 30.6 Å². The summed E-state index contributed by atoms with van der Waals surface area (Å²) in [4.78, 5) is 0. The van der Waals surface area contributed by atoms with Gasteiger partial charge in [-0.15, -0.1) is 0 Å². The van der Waals surface area contributed by atoms with Gasteiger partial charge >= 0.3 is 0 Å². The first kappa shape index (κ1) is 21.0. The van der Waals surface area contributed by atoms with Crippen molar-refractivity contribution in [2.24, 2.45) is 17.8 Å². The Balaban J connectivity index is 3.54. The van der Waals surface area contributed by atoms with Crippen molar-refractivity contribution in [1.82, 2.24) is 0 Å². The molecule has 1 N–H and O–H groups in total. The summed E-state index contributed by atoms with van der Waals surface area (Å²) in [5.41, 5.74) is -0.440. The predicted octanol–water partition coefficient (Wildman–Crippen LogP) is 6.59. The van der Waals surface area contributed by atoms with E-state index in [2.05, 4.69) is 34.6 Å². The first-order valence-electron chi connectivity index (χ1n) is 9.49. The fourth-order valence-electron chi connectivity index (χ4n) is 2.99. The minimum atomic E-state index is -0.440. The number of hydrogen-bond acceptors (Lipinski definition) is 1. The molecule has 1 nitrogen and oxygen atoms in total. The zero-order valence-corrected chi connectivity index (χ0v) is 15.8. The van der Waals surface area contributed by atoms with Crippen molar-refractivity contribution < 1.29 is 5.11 Å². The Morgan fingerprint density at radius 2 is 1.19 bits per heavy atom. The smallest absolute Gasteiger partial charge is 0.0617 e. The summed E-state index contributed by atoms with van der Waals surface area (Å²) < 4.78 is 0. The summed E-state index contributed by atoms with van der Waals surface area (Å²) in [6.45, 7) is 13.5. The second kappa shape index (κ2) is 11.5. The lowest BCUT2D eigenvalue weighted by Crippen LogP contribution is -2.22. The molecular weight excluding hydrogens is 256 g/mol. The lowest BCUT2D eigenvalue weighted by atomic mass is 9.90. The Morgan fingerprint density at radius 3 is 1.62 bits per heavy atom. The lowest BCUT2D eigenvalue weighted by Gasteiger charge is -2.22. The van der Waals surface area contributed by atoms with Gasteiger partial charge in [-0.1, -0.05) is 86.0 Å². The fourth-order valence-corrected chi connectivity index (χ4v) is 2.99. The molecule has 0 bridgehead atoms. The maximum Gasteiger partial charge on any atom is 0.0617 e. The number of rotatable bonds is 13. The molecule has 0 aromatic rings. The molecule has 0 amide bonds. The Bertz CT molecular complexity index is 232. The van der Waals surface area contributed by atoms with Crippen LogP contribution in [0.25, 0.3) is 0 Å². The Morgan fingerprint density at radius 1 is 0.762 bits per heavy atom. The quantitative estimate of drug-likeness (QED) is 0.407. The molecule has 0 radical (unpaired) electrons. The second-order valence-electron chi connectivity index (χ2n) is 8.21. The molecule has 21 heavy (non-hydrogen) atoms. The van der Waals surface area contributed by atoms with Crippen LogP contribution in [0, 0.1) is 17.8 Å². The van der Waals surface area contributed by atoms with Gasteiger partial charge in [0, 0.05) is 0 Å². The largest absolute Gasteiger partial charge is 0.390 e. The van der Waals surface area contributed by atoms with Crippen LogP contribution in [0.15, 0.2) is 0 Å². The molecule has 0 aliphatic heterocycles. The van der Waals surface area contributed by atoms with Crippen molar-refractivity contribution in [2.45, 2.75) is 111 Å². The molecule has 0 unspecified atom stereocenters.